The van der Waals surface area contributed by atoms with Crippen molar-refractivity contribution in [3.05, 3.63) is 177 Å². The van der Waals surface area contributed by atoms with Gasteiger partial charge in [0.1, 0.15) is 0 Å². The van der Waals surface area contributed by atoms with Gasteiger partial charge >= 0.3 is 0 Å². The minimum Gasteiger partial charge on any atom is -0.0876 e. The van der Waals surface area contributed by atoms with Crippen LogP contribution in [-0.4, -0.2) is 0 Å². The largest absolute Gasteiger partial charge is 0.0876 e. The second kappa shape index (κ2) is 31.3. The molecular formula is C84H105Br3. The summed E-state index contributed by atoms with van der Waals surface area (Å²) in [6.07, 6.45) is 37.7. The lowest BCUT2D eigenvalue weighted by molar-refractivity contribution is 0.389. The monoisotopic (exact) mass is 1350 g/mol. The lowest BCUT2D eigenvalue weighted by atomic mass is 9.63. The van der Waals surface area contributed by atoms with Gasteiger partial charge in [0.25, 0.3) is 0 Å². The van der Waals surface area contributed by atoms with Crippen LogP contribution in [-0.2, 0) is 32.2 Å². The minimum atomic E-state index is -0.147. The maximum Gasteiger partial charge on any atom is 0.0283 e. The summed E-state index contributed by atoms with van der Waals surface area (Å²) in [6.45, 7) is 14.5. The molecule has 462 valence electrons. The lowest BCUT2D eigenvalue weighted by Crippen LogP contribution is -2.31. The summed E-state index contributed by atoms with van der Waals surface area (Å²) in [5.41, 5.74) is 31.6. The van der Waals surface area contributed by atoms with Gasteiger partial charge in [-0.05, 0) is 174 Å². The van der Waals surface area contributed by atoms with E-state index in [1.807, 2.05) is 0 Å². The molecule has 0 atom stereocenters. The zero-order valence-electron chi connectivity index (χ0n) is 54.6. The zero-order chi connectivity index (χ0) is 60.8. The molecule has 7 aromatic carbocycles. The third-order valence-corrected chi connectivity index (χ3v) is 23.4. The van der Waals surface area contributed by atoms with Crippen molar-refractivity contribution < 1.29 is 0 Å². The van der Waals surface area contributed by atoms with Gasteiger partial charge in [0, 0.05) is 32.2 Å². The van der Waals surface area contributed by atoms with Crippen molar-refractivity contribution in [1.82, 2.24) is 0 Å². The quantitative estimate of drug-likeness (QED) is 0.0271. The third-order valence-electron chi connectivity index (χ3n) is 21.4. The van der Waals surface area contributed by atoms with Crippen LogP contribution in [0.25, 0.3) is 66.8 Å². The van der Waals surface area contributed by atoms with Gasteiger partial charge in [-0.3, -0.25) is 0 Å². The number of benzene rings is 7. The van der Waals surface area contributed by atoms with E-state index in [9.17, 15) is 0 Å². The summed E-state index contributed by atoms with van der Waals surface area (Å²) >= 11 is 11.4. The van der Waals surface area contributed by atoms with Gasteiger partial charge in [0.15, 0.2) is 0 Å². The van der Waals surface area contributed by atoms with E-state index in [4.69, 9.17) is 0 Å². The summed E-state index contributed by atoms with van der Waals surface area (Å²) < 4.78 is 0. The first-order valence-electron chi connectivity index (χ1n) is 35.4. The topological polar surface area (TPSA) is 0 Å². The van der Waals surface area contributed by atoms with E-state index in [1.54, 1.807) is 66.8 Å². The molecule has 0 N–H and O–H groups in total. The van der Waals surface area contributed by atoms with E-state index in [1.165, 1.54) is 243 Å². The van der Waals surface area contributed by atoms with E-state index in [0.717, 1.165) is 16.0 Å². The maximum atomic E-state index is 3.80. The Hall–Kier alpha value is -4.02. The number of halogens is 3. The van der Waals surface area contributed by atoms with E-state index >= 15 is 0 Å². The molecular weight excluding hydrogens is 1250 g/mol. The van der Waals surface area contributed by atoms with Crippen LogP contribution in [0, 0.1) is 0 Å². The smallest absolute Gasteiger partial charge is 0.0283 e. The molecule has 0 amide bonds. The fraction of sp³-hybridized carbons (Fsp3) is 0.500. The van der Waals surface area contributed by atoms with Gasteiger partial charge in [-0.25, -0.2) is 0 Å². The maximum absolute atomic E-state index is 3.80. The molecule has 0 radical (unpaired) electrons. The Balaban J connectivity index is 1.41. The Morgan fingerprint density at radius 3 is 0.644 bits per heavy atom. The SMILES string of the molecule is CCCCCCC1(CCCCCC)c2cc(-c3ccc(CBr)cc3)ccc2-c2c1c1c(c3c2C(CCCCCC)(CCCCCC)c2cc(-c4ccc(CBr)cc4)ccc2-3)C(CCCCCC)(CCCCCC)c2cc(-c3ccc(CBr)cc3)ccc2-1. The van der Waals surface area contributed by atoms with Crippen LogP contribution in [0.15, 0.2) is 127 Å². The van der Waals surface area contributed by atoms with Gasteiger partial charge in [-0.2, -0.15) is 0 Å². The van der Waals surface area contributed by atoms with E-state index in [-0.39, 0.29) is 16.2 Å². The summed E-state index contributed by atoms with van der Waals surface area (Å²) in [6, 6.07) is 52.7. The first-order chi connectivity index (χ1) is 42.7. The molecule has 0 bridgehead atoms. The summed E-state index contributed by atoms with van der Waals surface area (Å²) in [4.78, 5) is 0. The highest BCUT2D eigenvalue weighted by Crippen LogP contribution is 2.72. The number of hydrogen-bond acceptors (Lipinski definition) is 0. The molecule has 7 aromatic rings. The summed E-state index contributed by atoms with van der Waals surface area (Å²) in [5, 5.41) is 2.62. The molecule has 0 spiro atoms. The van der Waals surface area contributed by atoms with Gasteiger partial charge in [0.05, 0.1) is 0 Å². The van der Waals surface area contributed by atoms with Gasteiger partial charge in [0.2, 0.25) is 0 Å². The van der Waals surface area contributed by atoms with Crippen molar-refractivity contribution in [3.63, 3.8) is 0 Å². The highest BCUT2D eigenvalue weighted by Gasteiger charge is 2.58. The predicted octanol–water partition coefficient (Wildman–Crippen LogP) is 28.0. The van der Waals surface area contributed by atoms with E-state index in [0.29, 0.717) is 0 Å². The normalized spacial score (nSPS) is 14.4. The lowest BCUT2D eigenvalue weighted by Gasteiger charge is -2.40. The first-order valence-corrected chi connectivity index (χ1v) is 38.8. The fourth-order valence-electron chi connectivity index (χ4n) is 16.8. The van der Waals surface area contributed by atoms with Crippen molar-refractivity contribution in [3.8, 4) is 66.8 Å². The average Bonchev–Trinajstić information content (AvgIpc) is 1.49. The molecule has 3 aliphatic carbocycles. The molecule has 10 rings (SSSR count). The predicted molar refractivity (Wildman–Crippen MR) is 392 cm³/mol. The van der Waals surface area contributed by atoms with Crippen molar-refractivity contribution >= 4 is 47.8 Å². The van der Waals surface area contributed by atoms with E-state index in [2.05, 4.69) is 217 Å². The Kier molecular flexibility index (Phi) is 23.7. The summed E-state index contributed by atoms with van der Waals surface area (Å²) in [7, 11) is 0. The Labute approximate surface area is 554 Å². The molecule has 0 saturated heterocycles. The number of alkyl halides is 3. The standard InChI is InChI=1S/C84H105Br3/c1-7-13-19-25-49-82(50-26-20-14-8-2)73-55-67(64-37-31-61(58-85)32-38-64)43-46-70(73)76-79(82)77-71-47-44-68(65-39-33-62(59-86)34-40-65)56-74(71)83(51-27-21-15-9-3,52-28-22-16-10-4)81(77)78-72-48-45-69(66-41-35-63(60-87)36-42-66)57-75(72)84(80(76)78,53-29-23-17-11-5)54-30-24-18-12-6/h31-48,55-57H,7-30,49-54,58-60H2,1-6H3. The van der Waals surface area contributed by atoms with Crippen LogP contribution in [0.4, 0.5) is 0 Å². The minimum absolute atomic E-state index is 0.147. The molecule has 3 heteroatoms. The molecule has 0 aromatic heterocycles. The number of unbranched alkanes of at least 4 members (excludes halogenated alkanes) is 18. The van der Waals surface area contributed by atoms with Crippen molar-refractivity contribution in [1.29, 1.82) is 0 Å². The first kappa shape index (κ1) is 65.9. The number of hydrogen-bond donors (Lipinski definition) is 0. The number of fused-ring (bicyclic) bond motifs is 12. The Bertz CT molecular complexity index is 2930. The van der Waals surface area contributed by atoms with Crippen LogP contribution in [0.1, 0.15) is 284 Å². The van der Waals surface area contributed by atoms with Gasteiger partial charge in [-0.15, -0.1) is 0 Å². The molecule has 0 fully saturated rings. The van der Waals surface area contributed by atoms with Crippen LogP contribution >= 0.6 is 47.8 Å². The fourth-order valence-corrected chi connectivity index (χ4v) is 17.9. The van der Waals surface area contributed by atoms with Crippen LogP contribution in [0.3, 0.4) is 0 Å². The highest BCUT2D eigenvalue weighted by atomic mass is 79.9. The van der Waals surface area contributed by atoms with Crippen LogP contribution in [0.2, 0.25) is 0 Å². The Morgan fingerprint density at radius 2 is 0.448 bits per heavy atom. The second-order valence-corrected chi connectivity index (χ2v) is 28.8. The second-order valence-electron chi connectivity index (χ2n) is 27.1. The zero-order valence-corrected chi connectivity index (χ0v) is 59.4. The highest BCUT2D eigenvalue weighted by molar-refractivity contribution is 9.09. The molecule has 87 heavy (non-hydrogen) atoms. The van der Waals surface area contributed by atoms with Crippen molar-refractivity contribution in [2.24, 2.45) is 0 Å². The van der Waals surface area contributed by atoms with Crippen molar-refractivity contribution in [2.45, 2.75) is 266 Å². The van der Waals surface area contributed by atoms with Crippen LogP contribution in [0.5, 0.6) is 0 Å². The molecule has 0 unspecified atom stereocenters. The molecule has 3 aliphatic rings. The Morgan fingerprint density at radius 1 is 0.241 bits per heavy atom. The molecule has 0 aliphatic heterocycles. The van der Waals surface area contributed by atoms with E-state index < -0.39 is 0 Å². The average molecular weight is 1350 g/mol. The van der Waals surface area contributed by atoms with Crippen LogP contribution < -0.4 is 0 Å². The van der Waals surface area contributed by atoms with Gasteiger partial charge in [-0.1, -0.05) is 353 Å². The third kappa shape index (κ3) is 13.5. The number of rotatable bonds is 36. The van der Waals surface area contributed by atoms with Gasteiger partial charge < -0.3 is 0 Å². The molecule has 0 nitrogen and oxygen atoms in total. The molecule has 0 heterocycles. The van der Waals surface area contributed by atoms with Crippen molar-refractivity contribution in [2.75, 3.05) is 0 Å². The summed E-state index contributed by atoms with van der Waals surface area (Å²) in [5.74, 6) is 0. The molecule has 0 saturated carbocycles.